The molecule has 0 aromatic carbocycles. The van der Waals surface area contributed by atoms with Gasteiger partial charge >= 0.3 is 0 Å². The molecule has 1 heterocycles. The quantitative estimate of drug-likeness (QED) is 0.615. The fraction of sp³-hybridized carbons (Fsp3) is 1.00. The Hall–Kier alpha value is -0.0500. The van der Waals surface area contributed by atoms with E-state index in [1.807, 2.05) is 0 Å². The van der Waals surface area contributed by atoms with Crippen LogP contribution in [0, 0.1) is 0 Å². The molecule has 0 amide bonds. The molecule has 1 aliphatic heterocycles. The molecule has 11 heavy (non-hydrogen) atoms. The normalized spacial score (nSPS) is 20.5. The van der Waals surface area contributed by atoms with Crippen LogP contribution in [0.4, 0.5) is 0 Å². The molecule has 2 nitrogen and oxygen atoms in total. The highest BCUT2D eigenvalue weighted by molar-refractivity contribution is 7.91. The van der Waals surface area contributed by atoms with Gasteiger partial charge in [0.05, 0.1) is 11.5 Å². The molecule has 1 aliphatic rings. The van der Waals surface area contributed by atoms with Crippen molar-refractivity contribution in [3.63, 3.8) is 0 Å². The maximum atomic E-state index is 10.4. The molecule has 0 spiro atoms. The van der Waals surface area contributed by atoms with Gasteiger partial charge in [0.1, 0.15) is 9.84 Å². The van der Waals surface area contributed by atoms with Crippen LogP contribution in [0.3, 0.4) is 0 Å². The Bertz CT molecular complexity index is 157. The van der Waals surface area contributed by atoms with Gasteiger partial charge in [-0.15, -0.1) is 0 Å². The first-order chi connectivity index (χ1) is 5.12. The minimum Gasteiger partial charge on any atom is -0.229 e. The summed E-state index contributed by atoms with van der Waals surface area (Å²) in [7, 11) is -2.55. The summed E-state index contributed by atoms with van der Waals surface area (Å²) < 4.78 is 20.9. The Morgan fingerprint density at radius 3 is 1.45 bits per heavy atom. The first-order valence-corrected chi connectivity index (χ1v) is 6.15. The second-order valence-corrected chi connectivity index (χ2v) is 5.16. The van der Waals surface area contributed by atoms with Crippen LogP contribution < -0.4 is 0 Å². The Balaban J connectivity index is 0.000000218. The molecule has 1 fully saturated rings. The molecule has 68 valence electrons. The van der Waals surface area contributed by atoms with Gasteiger partial charge in [0.2, 0.25) is 0 Å². The lowest BCUT2D eigenvalue weighted by molar-refractivity contribution is 0.602. The van der Waals surface area contributed by atoms with Crippen LogP contribution in [0.5, 0.6) is 0 Å². The lowest BCUT2D eigenvalue weighted by Crippen LogP contribution is -1.98. The van der Waals surface area contributed by atoms with E-state index in [0.29, 0.717) is 11.5 Å². The highest BCUT2D eigenvalue weighted by Gasteiger charge is 2.16. The van der Waals surface area contributed by atoms with Crippen molar-refractivity contribution in [2.45, 2.75) is 39.5 Å². The van der Waals surface area contributed by atoms with Crippen LogP contribution in [0.25, 0.3) is 0 Å². The van der Waals surface area contributed by atoms with E-state index < -0.39 is 9.84 Å². The fourth-order valence-electron chi connectivity index (χ4n) is 0.746. The van der Waals surface area contributed by atoms with Crippen molar-refractivity contribution in [2.75, 3.05) is 11.5 Å². The van der Waals surface area contributed by atoms with E-state index in [-0.39, 0.29) is 0 Å². The second-order valence-electron chi connectivity index (χ2n) is 2.86. The van der Waals surface area contributed by atoms with Gasteiger partial charge in [-0.1, -0.05) is 26.7 Å². The zero-order valence-electron chi connectivity index (χ0n) is 7.47. The zero-order chi connectivity index (χ0) is 8.74. The molecular weight excluding hydrogens is 160 g/mol. The summed E-state index contributed by atoms with van der Waals surface area (Å²) in [5.41, 5.74) is 0. The van der Waals surface area contributed by atoms with Crippen molar-refractivity contribution in [1.29, 1.82) is 0 Å². The van der Waals surface area contributed by atoms with Gasteiger partial charge in [0.15, 0.2) is 0 Å². The molecule has 0 atom stereocenters. The molecule has 0 aromatic heterocycles. The summed E-state index contributed by atoms with van der Waals surface area (Å²) in [5, 5.41) is 0. The summed E-state index contributed by atoms with van der Waals surface area (Å²) in [6.45, 7) is 4.36. The number of rotatable bonds is 1. The third kappa shape index (κ3) is 6.35. The smallest absolute Gasteiger partial charge is 0.150 e. The molecular formula is C8H18O2S. The van der Waals surface area contributed by atoms with Crippen molar-refractivity contribution >= 4 is 9.84 Å². The van der Waals surface area contributed by atoms with Gasteiger partial charge < -0.3 is 0 Å². The molecule has 0 unspecified atom stereocenters. The van der Waals surface area contributed by atoms with Crippen LogP contribution >= 0.6 is 0 Å². The van der Waals surface area contributed by atoms with Crippen molar-refractivity contribution in [3.8, 4) is 0 Å². The summed E-state index contributed by atoms with van der Waals surface area (Å²) in [5.74, 6) is 0.847. The lowest BCUT2D eigenvalue weighted by atomic mass is 10.4. The first-order valence-electron chi connectivity index (χ1n) is 4.32. The molecule has 0 radical (unpaired) electrons. The number of hydrogen-bond acceptors (Lipinski definition) is 2. The highest BCUT2D eigenvalue weighted by atomic mass is 32.2. The highest BCUT2D eigenvalue weighted by Crippen LogP contribution is 2.08. The number of unbranched alkanes of at least 4 members (excludes halogenated alkanes) is 1. The van der Waals surface area contributed by atoms with Gasteiger partial charge in [-0.25, -0.2) is 8.42 Å². The predicted octanol–water partition coefficient (Wildman–Crippen LogP) is 2.00. The van der Waals surface area contributed by atoms with E-state index in [1.54, 1.807) is 0 Å². The molecule has 0 N–H and O–H groups in total. The van der Waals surface area contributed by atoms with E-state index in [1.165, 1.54) is 12.8 Å². The summed E-state index contributed by atoms with van der Waals surface area (Å²) in [4.78, 5) is 0. The second kappa shape index (κ2) is 5.58. The summed E-state index contributed by atoms with van der Waals surface area (Å²) in [6, 6.07) is 0. The largest absolute Gasteiger partial charge is 0.229 e. The standard InChI is InChI=1S/C4H8O2S.C4H10/c5-7(6)3-1-2-4-7;1-3-4-2/h1-4H2;3-4H2,1-2H3. The van der Waals surface area contributed by atoms with Gasteiger partial charge in [0.25, 0.3) is 0 Å². The topological polar surface area (TPSA) is 34.1 Å². The van der Waals surface area contributed by atoms with Crippen molar-refractivity contribution in [3.05, 3.63) is 0 Å². The van der Waals surface area contributed by atoms with E-state index in [0.717, 1.165) is 12.8 Å². The fourth-order valence-corrected chi connectivity index (χ4v) is 2.24. The SMILES string of the molecule is CCCC.O=S1(=O)CCCC1. The average molecular weight is 178 g/mol. The number of sulfone groups is 1. The summed E-state index contributed by atoms with van der Waals surface area (Å²) in [6.07, 6.45) is 4.39. The van der Waals surface area contributed by atoms with Crippen LogP contribution in [-0.2, 0) is 9.84 Å². The molecule has 0 bridgehead atoms. The third-order valence-corrected chi connectivity index (χ3v) is 3.48. The molecule has 1 rings (SSSR count). The van der Waals surface area contributed by atoms with Crippen LogP contribution in [-0.4, -0.2) is 19.9 Å². The maximum Gasteiger partial charge on any atom is 0.150 e. The van der Waals surface area contributed by atoms with Crippen LogP contribution in [0.2, 0.25) is 0 Å². The van der Waals surface area contributed by atoms with Gasteiger partial charge in [-0.2, -0.15) is 0 Å². The average Bonchev–Trinajstić information content (AvgIpc) is 2.35. The van der Waals surface area contributed by atoms with Gasteiger partial charge in [-0.3, -0.25) is 0 Å². The van der Waals surface area contributed by atoms with Crippen LogP contribution in [0.1, 0.15) is 39.5 Å². The Morgan fingerprint density at radius 2 is 1.36 bits per heavy atom. The molecule has 0 aromatic rings. The Morgan fingerprint density at radius 1 is 1.00 bits per heavy atom. The minimum absolute atomic E-state index is 0.424. The van der Waals surface area contributed by atoms with Crippen molar-refractivity contribution in [1.82, 2.24) is 0 Å². The Kier molecular flexibility index (Phi) is 5.56. The number of hydrogen-bond donors (Lipinski definition) is 0. The molecule has 1 saturated heterocycles. The van der Waals surface area contributed by atoms with E-state index in [2.05, 4.69) is 13.8 Å². The predicted molar refractivity (Wildman–Crippen MR) is 48.5 cm³/mol. The molecule has 0 saturated carbocycles. The molecule has 3 heteroatoms. The maximum absolute atomic E-state index is 10.4. The lowest BCUT2D eigenvalue weighted by Gasteiger charge is -1.81. The van der Waals surface area contributed by atoms with Crippen LogP contribution in [0.15, 0.2) is 0 Å². The minimum atomic E-state index is -2.55. The van der Waals surface area contributed by atoms with Gasteiger partial charge in [-0.05, 0) is 12.8 Å². The van der Waals surface area contributed by atoms with E-state index in [9.17, 15) is 8.42 Å². The van der Waals surface area contributed by atoms with Crippen molar-refractivity contribution < 1.29 is 8.42 Å². The monoisotopic (exact) mass is 178 g/mol. The molecule has 0 aliphatic carbocycles. The zero-order valence-corrected chi connectivity index (χ0v) is 8.28. The van der Waals surface area contributed by atoms with E-state index >= 15 is 0 Å². The van der Waals surface area contributed by atoms with Gasteiger partial charge in [0, 0.05) is 0 Å². The summed E-state index contributed by atoms with van der Waals surface area (Å²) >= 11 is 0. The Labute approximate surface area is 69.9 Å². The van der Waals surface area contributed by atoms with Crippen molar-refractivity contribution in [2.24, 2.45) is 0 Å². The third-order valence-electron chi connectivity index (χ3n) is 1.66. The first kappa shape index (κ1) is 11.0. The van der Waals surface area contributed by atoms with E-state index in [4.69, 9.17) is 0 Å².